The number of para-hydroxylation sites is 1. The third kappa shape index (κ3) is 21.5. The Morgan fingerprint density at radius 2 is 1.47 bits per heavy atom. The molecule has 1 aliphatic carbocycles. The highest BCUT2D eigenvalue weighted by molar-refractivity contribution is 8.76. The van der Waals surface area contributed by atoms with Crippen LogP contribution >= 0.6 is 21.6 Å². The molecule has 1 aromatic heterocycles. The highest BCUT2D eigenvalue weighted by Crippen LogP contribution is 2.68. The lowest BCUT2D eigenvalue weighted by atomic mass is 9.47. The maximum absolute atomic E-state index is 15.6. The van der Waals surface area contributed by atoms with Gasteiger partial charge in [-0.2, -0.15) is 26.3 Å². The summed E-state index contributed by atoms with van der Waals surface area (Å²) < 4.78 is 117. The average molecular weight is 1870 g/mol. The van der Waals surface area contributed by atoms with E-state index in [0.29, 0.717) is 124 Å². The first-order valence-electron chi connectivity index (χ1n) is 43.3. The number of hydrogen-bond acceptors (Lipinski definition) is 25. The number of aliphatic hydroxyl groups excluding tert-OH is 1. The number of esters is 1. The summed E-state index contributed by atoms with van der Waals surface area (Å²) in [7, 11) is 6.51. The van der Waals surface area contributed by atoms with Gasteiger partial charge in [-0.3, -0.25) is 59.1 Å². The number of carboxylic acid groups (broad SMARTS) is 2. The number of nitrogens with zero attached hydrogens (tertiary/aromatic N) is 4. The number of alkyl halides is 6. The highest BCUT2D eigenvalue weighted by atomic mass is 33.1. The lowest BCUT2D eigenvalue weighted by Gasteiger charge is -2.63. The number of nitrogens with two attached hydrogens (primary N) is 1. The minimum Gasteiger partial charge on any atom is -0.496 e. The summed E-state index contributed by atoms with van der Waals surface area (Å²) in [6.45, 7) is 5.73. The van der Waals surface area contributed by atoms with Crippen molar-refractivity contribution in [2.24, 2.45) is 17.1 Å². The van der Waals surface area contributed by atoms with Gasteiger partial charge in [0.05, 0.1) is 95.1 Å². The van der Waals surface area contributed by atoms with Gasteiger partial charge in [0.25, 0.3) is 5.91 Å². The zero-order valence-electron chi connectivity index (χ0n) is 72.8. The number of aliphatic hydroxyl groups is 3. The second kappa shape index (κ2) is 42.3. The molecule has 6 aliphatic heterocycles. The van der Waals surface area contributed by atoms with E-state index in [1.165, 1.54) is 14.2 Å². The molecule has 3 unspecified atom stereocenters. The Morgan fingerprint density at radius 3 is 2.15 bits per heavy atom. The fraction of sp³-hybridized carbons (Fsp3) is 0.568. The standard InChI is InChI=1S/C88H114F6N14O20S2/c1-6-82(121)44-52-45-85(79(119)124-5,71-57(22-30-106(46-52)50-82)56-18-11-12-19-60(56)100-71)59-41-58-64(43-66(59)123-4)105(3)76-84(58)25-31-107-29-15-24-83(7-2,75(84)107)77(117)86(76,122)78(118)103-104-81(120)127-36-37-129-130-49-63(74(115)116)102-73(114)62(42-69(111)112)101-72(113)61(20-13-26-98-80(95)96)99-67(109)23-32-125-34-35-126-33-27-97-68(110)47-108-28-14-21-65(70(108)53-16-9-8-10-17-53)128-48-51-38-54(87(89,90)91)40-55(39-51)88(92,93)94/h8-12,15-19,24,38-41,43,52,61-63,65,70,75-77,100,117,121-122H,6-7,13-14,20-23,25-37,42,44-50H2,1-5H3,(H,97,110)(H,99,109)(H,101,113)(H,102,114)(H,103,118)(H,104,120)(H,111,112)(H,115,116)(H4,95,96,98)/t52-,61?,62+,63-,65-,70-,75+,76-,77-,82+,83-,84?,85+,86+/m0/s1. The van der Waals surface area contributed by atoms with Crippen molar-refractivity contribution in [3.8, 4) is 5.75 Å². The van der Waals surface area contributed by atoms with Crippen molar-refractivity contribution in [3.63, 3.8) is 0 Å². The lowest BCUT2D eigenvalue weighted by Crippen LogP contribution is -2.82. The van der Waals surface area contributed by atoms with Crippen molar-refractivity contribution in [1.29, 1.82) is 5.41 Å². The Morgan fingerprint density at radius 1 is 0.762 bits per heavy atom. The van der Waals surface area contributed by atoms with Gasteiger partial charge >= 0.3 is 36.4 Å². The van der Waals surface area contributed by atoms with Gasteiger partial charge in [0.1, 0.15) is 42.0 Å². The summed E-state index contributed by atoms with van der Waals surface area (Å²) in [5.74, 6) is -8.90. The number of nitrogens with one attached hydrogen (secondary N) is 9. The quantitative estimate of drug-likeness (QED) is 0.00330. The average Bonchev–Trinajstić information content (AvgIpc) is 1.47. The van der Waals surface area contributed by atoms with Crippen LogP contribution in [-0.2, 0) is 98.3 Å². The Kier molecular flexibility index (Phi) is 32.2. The number of benzene rings is 4. The molecule has 15 atom stereocenters. The SMILES string of the molecule is CC[C@@]1(O)C[C@@H]2CN(CCc3c([nH]c4ccccc34)[C@](C(=O)OC)(c3cc4c(cc3OC)N(C)[C@H]3C45CCN4CC=C[C@@](CC)([C@@H]45)[C@H](O)[C@@]3(O)C(=O)NNC(=O)OCCSSC[C@H](NC(=O)[C@@H](CC(=O)O)NC(=O)C(CCCNC(=N)N)NC(=O)CCOCCOCCNC(=O)CN3CCC[C@H](OCc4cc(C(F)(F)F)cc(C(F)(F)F)c4)[C@@H]3c3ccccc3)C(=O)O)C2)C1. The minimum absolute atomic E-state index is 0.00265. The van der Waals surface area contributed by atoms with Crippen LogP contribution in [0.25, 0.3) is 10.9 Å². The van der Waals surface area contributed by atoms with Gasteiger partial charge in [-0.25, -0.2) is 15.0 Å². The Bertz CT molecular complexity index is 4940. The van der Waals surface area contributed by atoms with Gasteiger partial charge in [-0.15, -0.1) is 0 Å². The summed E-state index contributed by atoms with van der Waals surface area (Å²) in [6.07, 6.45) is -8.26. The third-order valence-electron chi connectivity index (χ3n) is 26.2. The second-order valence-electron chi connectivity index (χ2n) is 34.2. The first-order chi connectivity index (χ1) is 61.9. The van der Waals surface area contributed by atoms with Crippen LogP contribution in [0, 0.1) is 16.7 Å². The smallest absolute Gasteiger partial charge is 0.426 e. The van der Waals surface area contributed by atoms with Crippen molar-refractivity contribution >= 4 is 97.7 Å². The molecule has 4 fully saturated rings. The number of rotatable bonds is 39. The summed E-state index contributed by atoms with van der Waals surface area (Å²) >= 11 is 0. The molecule has 12 rings (SSSR count). The number of aliphatic carboxylic acids is 2. The number of halogens is 6. The summed E-state index contributed by atoms with van der Waals surface area (Å²) in [5.41, 5.74) is 3.72. The zero-order valence-corrected chi connectivity index (χ0v) is 74.4. The van der Waals surface area contributed by atoms with E-state index in [1.807, 2.05) is 67.3 Å². The topological polar surface area (TPSA) is 473 Å². The Hall–Kier alpha value is -10.0. The number of likely N-dealkylation sites (tertiary alicyclic amines) is 1. The van der Waals surface area contributed by atoms with Crippen LogP contribution in [0.2, 0.25) is 0 Å². The van der Waals surface area contributed by atoms with E-state index >= 15 is 9.59 Å². The molecule has 7 aliphatic rings. The van der Waals surface area contributed by atoms with E-state index in [0.717, 1.165) is 38.1 Å². The fourth-order valence-electron chi connectivity index (χ4n) is 20.5. The Balaban J connectivity index is 0.614. The number of aromatic amines is 1. The van der Waals surface area contributed by atoms with E-state index < -0.39 is 172 Å². The molecule has 3 saturated heterocycles. The molecule has 1 saturated carbocycles. The number of hydrazine groups is 1. The van der Waals surface area contributed by atoms with E-state index in [4.69, 9.17) is 39.6 Å². The lowest BCUT2D eigenvalue weighted by molar-refractivity contribution is -0.204. The molecular weight excluding hydrogens is 1750 g/mol. The van der Waals surface area contributed by atoms with E-state index in [-0.39, 0.29) is 114 Å². The summed E-state index contributed by atoms with van der Waals surface area (Å²) in [6, 6.07) is 14.4. The molecule has 2 bridgehead atoms. The predicted octanol–water partition coefficient (Wildman–Crippen LogP) is 5.66. The van der Waals surface area contributed by atoms with Crippen LogP contribution in [0.15, 0.2) is 97.1 Å². The number of anilines is 1. The third-order valence-corrected chi connectivity index (χ3v) is 28.5. The number of carbonyl (C=O) groups is 9. The molecule has 6 amide bonds. The van der Waals surface area contributed by atoms with Crippen molar-refractivity contribution in [1.82, 2.24) is 57.1 Å². The number of piperidine rings is 2. The van der Waals surface area contributed by atoms with Crippen molar-refractivity contribution in [2.45, 2.75) is 180 Å². The van der Waals surface area contributed by atoms with E-state index in [9.17, 15) is 85.4 Å². The number of amides is 6. The summed E-state index contributed by atoms with van der Waals surface area (Å²) in [4.78, 5) is 135. The van der Waals surface area contributed by atoms with Crippen molar-refractivity contribution in [2.75, 3.05) is 130 Å². The molecule has 4 aromatic carbocycles. The van der Waals surface area contributed by atoms with Crippen LogP contribution in [-0.4, -0.2) is 283 Å². The molecular formula is C88H114F6N14O20S2. The molecule has 7 heterocycles. The fourth-order valence-corrected chi connectivity index (χ4v) is 22.5. The summed E-state index contributed by atoms with van der Waals surface area (Å²) in [5, 5.41) is 79.9. The second-order valence-corrected chi connectivity index (χ2v) is 36.8. The Labute approximate surface area is 754 Å². The molecule has 1 spiro atoms. The van der Waals surface area contributed by atoms with Gasteiger partial charge in [0, 0.05) is 115 Å². The number of ether oxygens (including phenoxy) is 6. The van der Waals surface area contributed by atoms with E-state index in [1.54, 1.807) is 42.3 Å². The number of carboxylic acids is 2. The number of fused-ring (bicyclic) bond motifs is 6. The number of methoxy groups -OCH3 is 2. The molecule has 5 aromatic rings. The number of aromatic nitrogens is 1. The molecule has 34 nitrogen and oxygen atoms in total. The molecule has 0 radical (unpaired) electrons. The van der Waals surface area contributed by atoms with Gasteiger partial charge in [-0.05, 0) is 136 Å². The highest BCUT2D eigenvalue weighted by Gasteiger charge is 2.79. The van der Waals surface area contributed by atoms with Crippen LogP contribution < -0.4 is 52.8 Å². The maximum atomic E-state index is 15.6. The molecule has 42 heteroatoms. The van der Waals surface area contributed by atoms with Gasteiger partial charge in [-0.1, -0.05) is 96.1 Å². The van der Waals surface area contributed by atoms with Gasteiger partial charge in [0.15, 0.2) is 11.6 Å². The van der Waals surface area contributed by atoms with Crippen molar-refractivity contribution < 1.29 is 123 Å². The largest absolute Gasteiger partial charge is 0.496 e. The van der Waals surface area contributed by atoms with Crippen molar-refractivity contribution in [3.05, 3.63) is 142 Å². The number of likely N-dealkylation sites (N-methyl/N-ethyl adjacent to an activating group) is 1. The number of carbonyl (C=O) groups excluding carboxylic acids is 7. The number of H-pyrrole nitrogens is 1. The molecule has 710 valence electrons. The van der Waals surface area contributed by atoms with Crippen LogP contribution in [0.4, 0.5) is 36.8 Å². The van der Waals surface area contributed by atoms with Crippen LogP contribution in [0.3, 0.4) is 0 Å². The minimum atomic E-state index is -5.05. The number of guanidine groups is 1. The van der Waals surface area contributed by atoms with Gasteiger partial charge in [0.2, 0.25) is 23.6 Å². The predicted molar refractivity (Wildman–Crippen MR) is 466 cm³/mol. The van der Waals surface area contributed by atoms with E-state index in [2.05, 4.69) is 52.2 Å². The first kappa shape index (κ1) is 99.0. The zero-order chi connectivity index (χ0) is 93.8. The first-order valence-corrected chi connectivity index (χ1v) is 45.8. The molecule has 130 heavy (non-hydrogen) atoms. The molecule has 16 N–H and O–H groups in total. The normalized spacial score (nSPS) is 25.9. The van der Waals surface area contributed by atoms with Gasteiger partial charge < -0.3 is 96.2 Å². The maximum Gasteiger partial charge on any atom is 0.426 e. The van der Waals surface area contributed by atoms with Crippen LogP contribution in [0.1, 0.15) is 135 Å². The monoisotopic (exact) mass is 1860 g/mol. The number of hydrogen-bond donors (Lipinski definition) is 15. The van der Waals surface area contributed by atoms with Crippen LogP contribution in [0.5, 0.6) is 5.75 Å².